The number of hydrogen-bond donors (Lipinski definition) is 2. The maximum atomic E-state index is 12.2. The minimum atomic E-state index is 0.0868. The second-order valence-corrected chi connectivity index (χ2v) is 6.58. The van der Waals surface area contributed by atoms with Gasteiger partial charge in [0.1, 0.15) is 5.82 Å². The van der Waals surface area contributed by atoms with E-state index in [0.29, 0.717) is 18.4 Å². The molecule has 1 amide bonds. The Balaban J connectivity index is 1.90. The highest BCUT2D eigenvalue weighted by molar-refractivity contribution is 5.90. The standard InChI is InChI=1S/C15H26N4O/c1-11(2)19-14(5-6-16-19)17-15(20)10-18-8-12(3)7-13(4)9-18/h5-6,11-13H,7-10H2,1-4H3,(H,17,20)/p+1/t12-,13+. The number of aromatic nitrogens is 2. The van der Waals surface area contributed by atoms with Crippen molar-refractivity contribution < 1.29 is 9.69 Å². The van der Waals surface area contributed by atoms with Gasteiger partial charge >= 0.3 is 0 Å². The predicted octanol–water partition coefficient (Wildman–Crippen LogP) is 0.963. The van der Waals surface area contributed by atoms with Crippen LogP contribution in [-0.2, 0) is 4.79 Å². The number of piperidine rings is 1. The molecule has 1 aromatic rings. The summed E-state index contributed by atoms with van der Waals surface area (Å²) in [4.78, 5) is 13.6. The second-order valence-electron chi connectivity index (χ2n) is 6.58. The fraction of sp³-hybridized carbons (Fsp3) is 0.733. The van der Waals surface area contributed by atoms with E-state index in [1.807, 2.05) is 10.7 Å². The SMILES string of the molecule is CC(C)n1nccc1NC(=O)C[NH+]1C[C@H](C)C[C@H](C)C1. The molecule has 2 N–H and O–H groups in total. The zero-order valence-corrected chi connectivity index (χ0v) is 13.0. The number of rotatable bonds is 4. The summed E-state index contributed by atoms with van der Waals surface area (Å²) in [5, 5.41) is 7.22. The van der Waals surface area contributed by atoms with Gasteiger partial charge in [-0.15, -0.1) is 0 Å². The minimum Gasteiger partial charge on any atom is -0.327 e. The molecular weight excluding hydrogens is 252 g/mol. The smallest absolute Gasteiger partial charge is 0.280 e. The van der Waals surface area contributed by atoms with E-state index in [1.54, 1.807) is 6.20 Å². The third-order valence-electron chi connectivity index (χ3n) is 3.92. The first-order valence-corrected chi connectivity index (χ1v) is 7.62. The number of amides is 1. The third-order valence-corrected chi connectivity index (χ3v) is 3.92. The molecule has 20 heavy (non-hydrogen) atoms. The lowest BCUT2D eigenvalue weighted by Crippen LogP contribution is -3.15. The van der Waals surface area contributed by atoms with Crippen molar-refractivity contribution in [2.75, 3.05) is 25.0 Å². The lowest BCUT2D eigenvalue weighted by molar-refractivity contribution is -0.904. The van der Waals surface area contributed by atoms with Crippen LogP contribution in [-0.4, -0.2) is 35.3 Å². The summed E-state index contributed by atoms with van der Waals surface area (Å²) in [5.74, 6) is 2.30. The van der Waals surface area contributed by atoms with E-state index in [4.69, 9.17) is 0 Å². The highest BCUT2D eigenvalue weighted by Crippen LogP contribution is 2.13. The normalized spacial score (nSPS) is 26.8. The van der Waals surface area contributed by atoms with Gasteiger partial charge in [-0.2, -0.15) is 5.10 Å². The fourth-order valence-electron chi connectivity index (χ4n) is 3.31. The van der Waals surface area contributed by atoms with Crippen LogP contribution in [0.5, 0.6) is 0 Å². The van der Waals surface area contributed by atoms with E-state index in [1.165, 1.54) is 11.3 Å². The molecule has 5 heteroatoms. The molecule has 0 radical (unpaired) electrons. The Bertz CT molecular complexity index is 444. The third kappa shape index (κ3) is 3.82. The van der Waals surface area contributed by atoms with Crippen LogP contribution in [0, 0.1) is 11.8 Å². The molecule has 1 aliphatic heterocycles. The van der Waals surface area contributed by atoms with Gasteiger partial charge in [0.25, 0.3) is 5.91 Å². The summed E-state index contributed by atoms with van der Waals surface area (Å²) in [5.41, 5.74) is 0. The highest BCUT2D eigenvalue weighted by atomic mass is 16.2. The van der Waals surface area contributed by atoms with Gasteiger partial charge in [-0.1, -0.05) is 13.8 Å². The Morgan fingerprint density at radius 1 is 1.45 bits per heavy atom. The number of carbonyl (C=O) groups excluding carboxylic acids is 1. The predicted molar refractivity (Wildman–Crippen MR) is 79.8 cm³/mol. The zero-order valence-electron chi connectivity index (χ0n) is 13.0. The van der Waals surface area contributed by atoms with Gasteiger partial charge in [0, 0.05) is 23.9 Å². The van der Waals surface area contributed by atoms with Gasteiger partial charge in [-0.05, 0) is 20.3 Å². The number of likely N-dealkylation sites (tertiary alicyclic amines) is 1. The summed E-state index contributed by atoms with van der Waals surface area (Å²) < 4.78 is 1.84. The van der Waals surface area contributed by atoms with Crippen LogP contribution in [0.15, 0.2) is 12.3 Å². The van der Waals surface area contributed by atoms with E-state index in [2.05, 4.69) is 38.1 Å². The average Bonchev–Trinajstić information content (AvgIpc) is 2.75. The van der Waals surface area contributed by atoms with Crippen LogP contribution < -0.4 is 10.2 Å². The first-order valence-electron chi connectivity index (χ1n) is 7.62. The van der Waals surface area contributed by atoms with Gasteiger partial charge in [0.05, 0.1) is 19.3 Å². The molecule has 3 atom stereocenters. The average molecular weight is 279 g/mol. The summed E-state index contributed by atoms with van der Waals surface area (Å²) in [6.07, 6.45) is 3.01. The molecule has 1 saturated heterocycles. The van der Waals surface area contributed by atoms with Gasteiger partial charge in [0.2, 0.25) is 0 Å². The van der Waals surface area contributed by atoms with Crippen molar-refractivity contribution in [3.8, 4) is 0 Å². The van der Waals surface area contributed by atoms with Crippen LogP contribution in [0.3, 0.4) is 0 Å². The number of hydrogen-bond acceptors (Lipinski definition) is 2. The second kappa shape index (κ2) is 6.39. The fourth-order valence-corrected chi connectivity index (χ4v) is 3.31. The zero-order chi connectivity index (χ0) is 14.7. The summed E-state index contributed by atoms with van der Waals surface area (Å²) in [6, 6.07) is 2.11. The summed E-state index contributed by atoms with van der Waals surface area (Å²) in [6.45, 7) is 11.4. The Morgan fingerprint density at radius 2 is 2.10 bits per heavy atom. The summed E-state index contributed by atoms with van der Waals surface area (Å²) >= 11 is 0. The van der Waals surface area contributed by atoms with Crippen LogP contribution >= 0.6 is 0 Å². The lowest BCUT2D eigenvalue weighted by Gasteiger charge is -2.31. The highest BCUT2D eigenvalue weighted by Gasteiger charge is 2.26. The number of carbonyl (C=O) groups is 1. The Hall–Kier alpha value is -1.36. The van der Waals surface area contributed by atoms with E-state index in [9.17, 15) is 4.79 Å². The molecule has 0 aromatic carbocycles. The van der Waals surface area contributed by atoms with Gasteiger partial charge in [-0.25, -0.2) is 4.68 Å². The lowest BCUT2D eigenvalue weighted by atomic mass is 9.92. The van der Waals surface area contributed by atoms with Gasteiger partial charge in [-0.3, -0.25) is 4.79 Å². The van der Waals surface area contributed by atoms with Crippen molar-refractivity contribution in [3.63, 3.8) is 0 Å². The Morgan fingerprint density at radius 3 is 2.70 bits per heavy atom. The molecule has 1 fully saturated rings. The molecule has 1 aliphatic rings. The molecule has 112 valence electrons. The maximum absolute atomic E-state index is 12.2. The molecule has 0 aliphatic carbocycles. The Labute approximate surface area is 121 Å². The van der Waals surface area contributed by atoms with Crippen molar-refractivity contribution in [1.29, 1.82) is 0 Å². The van der Waals surface area contributed by atoms with E-state index >= 15 is 0 Å². The minimum absolute atomic E-state index is 0.0868. The molecule has 1 unspecified atom stereocenters. The van der Waals surface area contributed by atoms with Crippen LogP contribution in [0.2, 0.25) is 0 Å². The molecular formula is C15H27N4O+. The van der Waals surface area contributed by atoms with Crippen molar-refractivity contribution in [3.05, 3.63) is 12.3 Å². The van der Waals surface area contributed by atoms with E-state index < -0.39 is 0 Å². The van der Waals surface area contributed by atoms with E-state index in [-0.39, 0.29) is 11.9 Å². The first-order chi connectivity index (χ1) is 9.45. The number of anilines is 1. The molecule has 5 nitrogen and oxygen atoms in total. The van der Waals surface area contributed by atoms with Crippen LogP contribution in [0.25, 0.3) is 0 Å². The number of nitrogens with one attached hydrogen (secondary N) is 2. The van der Waals surface area contributed by atoms with Gasteiger partial charge in [0.15, 0.2) is 6.54 Å². The Kier molecular flexibility index (Phi) is 4.81. The first kappa shape index (κ1) is 15.0. The van der Waals surface area contributed by atoms with Crippen molar-refractivity contribution >= 4 is 11.7 Å². The largest absolute Gasteiger partial charge is 0.327 e. The molecule has 0 bridgehead atoms. The number of quaternary nitrogens is 1. The van der Waals surface area contributed by atoms with E-state index in [0.717, 1.165) is 18.9 Å². The maximum Gasteiger partial charge on any atom is 0.280 e. The topological polar surface area (TPSA) is 51.4 Å². The molecule has 2 heterocycles. The summed E-state index contributed by atoms with van der Waals surface area (Å²) in [7, 11) is 0. The quantitative estimate of drug-likeness (QED) is 0.862. The van der Waals surface area contributed by atoms with Crippen LogP contribution in [0.1, 0.15) is 40.2 Å². The van der Waals surface area contributed by atoms with Crippen LogP contribution in [0.4, 0.5) is 5.82 Å². The monoisotopic (exact) mass is 279 g/mol. The van der Waals surface area contributed by atoms with Gasteiger partial charge < -0.3 is 10.2 Å². The van der Waals surface area contributed by atoms with Crippen molar-refractivity contribution in [2.24, 2.45) is 11.8 Å². The van der Waals surface area contributed by atoms with Crippen molar-refractivity contribution in [1.82, 2.24) is 9.78 Å². The molecule has 2 rings (SSSR count). The number of nitrogens with zero attached hydrogens (tertiary/aromatic N) is 2. The molecule has 1 aromatic heterocycles. The molecule has 0 saturated carbocycles. The molecule has 0 spiro atoms. The van der Waals surface area contributed by atoms with Crippen molar-refractivity contribution in [2.45, 2.75) is 40.2 Å².